The molecule has 1 aliphatic rings. The summed E-state index contributed by atoms with van der Waals surface area (Å²) >= 11 is 0. The first-order valence-corrected chi connectivity index (χ1v) is 9.83. The molecule has 2 rings (SSSR count). The van der Waals surface area contributed by atoms with E-state index >= 15 is 0 Å². The lowest BCUT2D eigenvalue weighted by atomic mass is 9.78. The van der Waals surface area contributed by atoms with E-state index in [4.69, 9.17) is 18.9 Å². The zero-order valence-corrected chi connectivity index (χ0v) is 17.8. The summed E-state index contributed by atoms with van der Waals surface area (Å²) < 4.78 is 20.9. The Labute approximate surface area is 172 Å². The van der Waals surface area contributed by atoms with Crippen LogP contribution in [0.25, 0.3) is 6.08 Å². The number of hydrogen-bond donors (Lipinski definition) is 1. The van der Waals surface area contributed by atoms with Crippen LogP contribution in [0.3, 0.4) is 0 Å². The number of esters is 1. The molecule has 1 amide bonds. The van der Waals surface area contributed by atoms with E-state index in [2.05, 4.69) is 19.2 Å². The zero-order chi connectivity index (χ0) is 21.4. The van der Waals surface area contributed by atoms with E-state index in [1.807, 2.05) is 0 Å². The summed E-state index contributed by atoms with van der Waals surface area (Å²) in [6, 6.07) is 3.50. The molecule has 29 heavy (non-hydrogen) atoms. The average Bonchev–Trinajstić information content (AvgIpc) is 2.73. The SMILES string of the molecule is COc1cc(OC)c(OC)cc1/C=C/C(=O)OCC(=O)NC1CCCC(C)C1C. The Kier molecular flexibility index (Phi) is 8.36. The van der Waals surface area contributed by atoms with Gasteiger partial charge in [-0.3, -0.25) is 4.79 Å². The van der Waals surface area contributed by atoms with Gasteiger partial charge in [0.1, 0.15) is 5.75 Å². The van der Waals surface area contributed by atoms with Crippen molar-refractivity contribution in [3.05, 3.63) is 23.8 Å². The molecular weight excluding hydrogens is 374 g/mol. The summed E-state index contributed by atoms with van der Waals surface area (Å²) in [6.45, 7) is 4.06. The van der Waals surface area contributed by atoms with Gasteiger partial charge >= 0.3 is 5.97 Å². The van der Waals surface area contributed by atoms with Gasteiger partial charge in [0.25, 0.3) is 5.91 Å². The van der Waals surface area contributed by atoms with Crippen LogP contribution in [0.15, 0.2) is 18.2 Å². The van der Waals surface area contributed by atoms with E-state index < -0.39 is 5.97 Å². The minimum atomic E-state index is -0.609. The van der Waals surface area contributed by atoms with Crippen molar-refractivity contribution in [3.8, 4) is 17.2 Å². The van der Waals surface area contributed by atoms with Gasteiger partial charge in [0, 0.05) is 23.7 Å². The maximum absolute atomic E-state index is 12.1. The standard InChI is InChI=1S/C22H31NO6/c1-14-7-6-8-17(15(14)2)23-21(24)13-29-22(25)10-9-16-11-19(27-4)20(28-5)12-18(16)26-3/h9-12,14-15,17H,6-8,13H2,1-5H3,(H,23,24)/b10-9+. The molecule has 0 heterocycles. The minimum Gasteiger partial charge on any atom is -0.496 e. The Morgan fingerprint density at radius 2 is 1.69 bits per heavy atom. The number of amides is 1. The highest BCUT2D eigenvalue weighted by Crippen LogP contribution is 2.35. The first kappa shape index (κ1) is 22.6. The lowest BCUT2D eigenvalue weighted by molar-refractivity contribution is -0.144. The second-order valence-corrected chi connectivity index (χ2v) is 7.33. The zero-order valence-electron chi connectivity index (χ0n) is 17.8. The first-order valence-electron chi connectivity index (χ1n) is 9.83. The highest BCUT2D eigenvalue weighted by Gasteiger charge is 2.28. The number of nitrogens with one attached hydrogen (secondary N) is 1. The van der Waals surface area contributed by atoms with E-state index in [-0.39, 0.29) is 18.6 Å². The van der Waals surface area contributed by atoms with Crippen LogP contribution in [0.4, 0.5) is 0 Å². The number of methoxy groups -OCH3 is 3. The Balaban J connectivity index is 1.92. The first-order chi connectivity index (χ1) is 13.9. The predicted molar refractivity (Wildman–Crippen MR) is 110 cm³/mol. The average molecular weight is 405 g/mol. The molecule has 0 spiro atoms. The van der Waals surface area contributed by atoms with E-state index in [9.17, 15) is 9.59 Å². The third-order valence-corrected chi connectivity index (χ3v) is 5.53. The minimum absolute atomic E-state index is 0.136. The van der Waals surface area contributed by atoms with Gasteiger partial charge in [0.05, 0.1) is 21.3 Å². The molecule has 160 valence electrons. The summed E-state index contributed by atoms with van der Waals surface area (Å²) in [5.41, 5.74) is 0.622. The van der Waals surface area contributed by atoms with Crippen LogP contribution in [0, 0.1) is 11.8 Å². The highest BCUT2D eigenvalue weighted by atomic mass is 16.5. The van der Waals surface area contributed by atoms with Gasteiger partial charge in [0.2, 0.25) is 0 Å². The number of benzene rings is 1. The van der Waals surface area contributed by atoms with Crippen molar-refractivity contribution in [1.29, 1.82) is 0 Å². The van der Waals surface area contributed by atoms with Crippen molar-refractivity contribution >= 4 is 18.0 Å². The van der Waals surface area contributed by atoms with E-state index in [0.29, 0.717) is 34.6 Å². The summed E-state index contributed by atoms with van der Waals surface area (Å²) in [6.07, 6.45) is 6.05. The molecule has 0 aromatic heterocycles. The second kappa shape index (κ2) is 10.7. The Hall–Kier alpha value is -2.70. The fourth-order valence-electron chi connectivity index (χ4n) is 3.56. The van der Waals surface area contributed by atoms with Gasteiger partial charge in [0.15, 0.2) is 18.1 Å². The Morgan fingerprint density at radius 1 is 1.03 bits per heavy atom. The molecule has 1 saturated carbocycles. The van der Waals surface area contributed by atoms with Crippen molar-refractivity contribution < 1.29 is 28.5 Å². The van der Waals surface area contributed by atoms with Crippen molar-refractivity contribution in [2.75, 3.05) is 27.9 Å². The van der Waals surface area contributed by atoms with E-state index in [0.717, 1.165) is 12.8 Å². The fraction of sp³-hybridized carbons (Fsp3) is 0.545. The number of rotatable bonds is 8. The van der Waals surface area contributed by atoms with Crippen molar-refractivity contribution in [2.24, 2.45) is 11.8 Å². The molecule has 0 aliphatic heterocycles. The quantitative estimate of drug-likeness (QED) is 0.528. The van der Waals surface area contributed by atoms with Gasteiger partial charge in [-0.2, -0.15) is 0 Å². The summed E-state index contributed by atoms with van der Waals surface area (Å²) in [5.74, 6) is 1.66. The lowest BCUT2D eigenvalue weighted by Gasteiger charge is -2.34. The molecule has 7 nitrogen and oxygen atoms in total. The molecule has 0 radical (unpaired) electrons. The molecule has 0 saturated heterocycles. The second-order valence-electron chi connectivity index (χ2n) is 7.33. The number of ether oxygens (including phenoxy) is 4. The van der Waals surface area contributed by atoms with E-state index in [1.165, 1.54) is 33.8 Å². The highest BCUT2D eigenvalue weighted by molar-refractivity contribution is 5.90. The molecule has 3 unspecified atom stereocenters. The third-order valence-electron chi connectivity index (χ3n) is 5.53. The molecule has 3 atom stereocenters. The topological polar surface area (TPSA) is 83.1 Å². The van der Waals surface area contributed by atoms with Crippen LogP contribution in [-0.2, 0) is 14.3 Å². The molecular formula is C22H31NO6. The summed E-state index contributed by atoms with van der Waals surface area (Å²) in [4.78, 5) is 24.2. The largest absolute Gasteiger partial charge is 0.496 e. The maximum atomic E-state index is 12.1. The Bertz CT molecular complexity index is 745. The molecule has 1 N–H and O–H groups in total. The van der Waals surface area contributed by atoms with Crippen LogP contribution in [0.5, 0.6) is 17.2 Å². The summed E-state index contributed by atoms with van der Waals surface area (Å²) in [7, 11) is 4.58. The molecule has 0 bridgehead atoms. The molecule has 7 heteroatoms. The predicted octanol–water partition coefficient (Wildman–Crippen LogP) is 3.21. The molecule has 1 aliphatic carbocycles. The molecule has 1 aromatic carbocycles. The van der Waals surface area contributed by atoms with Crippen LogP contribution < -0.4 is 19.5 Å². The van der Waals surface area contributed by atoms with Gasteiger partial charge in [-0.1, -0.05) is 26.7 Å². The number of hydrogen-bond acceptors (Lipinski definition) is 6. The maximum Gasteiger partial charge on any atom is 0.331 e. The molecule has 1 aromatic rings. The lowest BCUT2D eigenvalue weighted by Crippen LogP contribution is -2.45. The summed E-state index contributed by atoms with van der Waals surface area (Å²) in [5, 5.41) is 2.98. The van der Waals surface area contributed by atoms with Gasteiger partial charge in [-0.15, -0.1) is 0 Å². The van der Waals surface area contributed by atoms with Gasteiger partial charge < -0.3 is 24.3 Å². The smallest absolute Gasteiger partial charge is 0.331 e. The van der Waals surface area contributed by atoms with Crippen molar-refractivity contribution in [2.45, 2.75) is 39.2 Å². The van der Waals surface area contributed by atoms with Crippen LogP contribution in [0.2, 0.25) is 0 Å². The fourth-order valence-corrected chi connectivity index (χ4v) is 3.56. The van der Waals surface area contributed by atoms with Gasteiger partial charge in [-0.05, 0) is 30.4 Å². The monoisotopic (exact) mass is 405 g/mol. The Morgan fingerprint density at radius 3 is 2.34 bits per heavy atom. The van der Waals surface area contributed by atoms with Crippen LogP contribution in [0.1, 0.15) is 38.7 Å². The van der Waals surface area contributed by atoms with Crippen LogP contribution >= 0.6 is 0 Å². The number of carbonyl (C=O) groups is 2. The van der Waals surface area contributed by atoms with Crippen LogP contribution in [-0.4, -0.2) is 45.9 Å². The van der Waals surface area contributed by atoms with Crippen molar-refractivity contribution in [3.63, 3.8) is 0 Å². The normalized spacial score (nSPS) is 21.5. The molecule has 1 fully saturated rings. The number of carbonyl (C=O) groups excluding carboxylic acids is 2. The van der Waals surface area contributed by atoms with Crippen molar-refractivity contribution in [1.82, 2.24) is 5.32 Å². The van der Waals surface area contributed by atoms with E-state index in [1.54, 1.807) is 18.2 Å². The third kappa shape index (κ3) is 6.14. The van der Waals surface area contributed by atoms with Gasteiger partial charge in [-0.25, -0.2) is 4.79 Å².